The molecule has 0 saturated heterocycles. The van der Waals surface area contributed by atoms with Gasteiger partial charge in [-0.1, -0.05) is 35.5 Å². The molecule has 0 saturated carbocycles. The van der Waals surface area contributed by atoms with E-state index in [0.29, 0.717) is 22.8 Å². The third kappa shape index (κ3) is 3.06. The van der Waals surface area contributed by atoms with Gasteiger partial charge in [0.1, 0.15) is 17.7 Å². The first kappa shape index (κ1) is 15.7. The van der Waals surface area contributed by atoms with E-state index in [9.17, 15) is 0 Å². The van der Waals surface area contributed by atoms with Crippen molar-refractivity contribution in [3.63, 3.8) is 0 Å². The smallest absolute Gasteiger partial charge is 0.193 e. The normalized spacial score (nSPS) is 10.4. The highest BCUT2D eigenvalue weighted by Gasteiger charge is 2.14. The first-order chi connectivity index (χ1) is 12.8. The minimum Gasteiger partial charge on any atom is -0.489 e. The summed E-state index contributed by atoms with van der Waals surface area (Å²) in [6.45, 7) is 7.55. The van der Waals surface area contributed by atoms with Crippen molar-refractivity contribution < 1.29 is 9.26 Å². The van der Waals surface area contributed by atoms with Gasteiger partial charge in [0.15, 0.2) is 17.1 Å². The second-order valence-corrected chi connectivity index (χ2v) is 5.56. The van der Waals surface area contributed by atoms with E-state index >= 15 is 0 Å². The van der Waals surface area contributed by atoms with Crippen molar-refractivity contribution >= 4 is 28.2 Å². The predicted octanol–water partition coefficient (Wildman–Crippen LogP) is 5.10. The Kier molecular flexibility index (Phi) is 4.19. The molecule has 0 aliphatic carbocycles. The molecule has 0 radical (unpaired) electrons. The average Bonchev–Trinajstić information content (AvgIpc) is 3.11. The zero-order valence-electron chi connectivity index (χ0n) is 13.7. The van der Waals surface area contributed by atoms with Gasteiger partial charge in [0.25, 0.3) is 0 Å². The summed E-state index contributed by atoms with van der Waals surface area (Å²) in [5.41, 5.74) is 2.83. The fourth-order valence-corrected chi connectivity index (χ4v) is 2.64. The van der Waals surface area contributed by atoms with Crippen molar-refractivity contribution in [2.75, 3.05) is 5.32 Å². The highest BCUT2D eigenvalue weighted by Crippen LogP contribution is 2.34. The summed E-state index contributed by atoms with van der Waals surface area (Å²) in [5, 5.41) is 8.04. The van der Waals surface area contributed by atoms with E-state index < -0.39 is 0 Å². The second-order valence-electron chi connectivity index (χ2n) is 5.56. The third-order valence-electron chi connectivity index (χ3n) is 3.88. The monoisotopic (exact) mass is 342 g/mol. The standard InChI is InChI=1S/C20H14N4O2/c1-21-16-8-3-2-6-14(16)13-25-17-9-4-10-18-19(17)20(24-26-18)23-15-7-5-11-22-12-15/h2-12H,13H2,(H,23,24). The molecule has 0 aliphatic heterocycles. The SMILES string of the molecule is [C-]#[N+]c1ccccc1COc1cccc2onc(Nc3cccnc3)c12. The summed E-state index contributed by atoms with van der Waals surface area (Å²) >= 11 is 0. The van der Waals surface area contributed by atoms with Gasteiger partial charge in [0.05, 0.1) is 18.5 Å². The Labute approximate surface area is 149 Å². The van der Waals surface area contributed by atoms with Gasteiger partial charge in [-0.3, -0.25) is 4.98 Å². The number of rotatable bonds is 5. The lowest BCUT2D eigenvalue weighted by Gasteiger charge is -2.09. The maximum absolute atomic E-state index is 7.26. The summed E-state index contributed by atoms with van der Waals surface area (Å²) in [5.74, 6) is 1.19. The Morgan fingerprint density at radius 3 is 2.85 bits per heavy atom. The number of anilines is 2. The van der Waals surface area contributed by atoms with Gasteiger partial charge in [0, 0.05) is 6.20 Å². The Morgan fingerprint density at radius 1 is 1.08 bits per heavy atom. The van der Waals surface area contributed by atoms with Crippen LogP contribution in [0.25, 0.3) is 15.8 Å². The highest BCUT2D eigenvalue weighted by molar-refractivity contribution is 5.95. The lowest BCUT2D eigenvalue weighted by molar-refractivity contribution is 0.311. The number of fused-ring (bicyclic) bond motifs is 1. The molecule has 0 amide bonds. The maximum atomic E-state index is 7.26. The minimum atomic E-state index is 0.287. The van der Waals surface area contributed by atoms with Crippen molar-refractivity contribution in [1.29, 1.82) is 0 Å². The van der Waals surface area contributed by atoms with Gasteiger partial charge in [-0.2, -0.15) is 0 Å². The molecular formula is C20H14N4O2. The zero-order chi connectivity index (χ0) is 17.8. The van der Waals surface area contributed by atoms with E-state index in [1.54, 1.807) is 18.5 Å². The minimum absolute atomic E-state index is 0.287. The van der Waals surface area contributed by atoms with Gasteiger partial charge in [0.2, 0.25) is 0 Å². The lowest BCUT2D eigenvalue weighted by atomic mass is 10.2. The fourth-order valence-electron chi connectivity index (χ4n) is 2.64. The number of para-hydroxylation sites is 1. The predicted molar refractivity (Wildman–Crippen MR) is 98.6 cm³/mol. The van der Waals surface area contributed by atoms with Crippen LogP contribution in [-0.4, -0.2) is 10.1 Å². The largest absolute Gasteiger partial charge is 0.489 e. The quantitative estimate of drug-likeness (QED) is 0.511. The van der Waals surface area contributed by atoms with Crippen molar-refractivity contribution in [3.8, 4) is 5.75 Å². The van der Waals surface area contributed by atoms with Crippen LogP contribution in [0.2, 0.25) is 0 Å². The number of benzene rings is 2. The molecule has 126 valence electrons. The van der Waals surface area contributed by atoms with Crippen LogP contribution in [-0.2, 0) is 6.61 Å². The van der Waals surface area contributed by atoms with Crippen LogP contribution >= 0.6 is 0 Å². The van der Waals surface area contributed by atoms with Crippen molar-refractivity contribution in [3.05, 3.63) is 84.0 Å². The van der Waals surface area contributed by atoms with Gasteiger partial charge in [-0.05, 0) is 29.8 Å². The van der Waals surface area contributed by atoms with E-state index in [1.165, 1.54) is 0 Å². The number of aromatic nitrogens is 2. The fraction of sp³-hybridized carbons (Fsp3) is 0.0500. The van der Waals surface area contributed by atoms with Gasteiger partial charge < -0.3 is 14.6 Å². The Balaban J connectivity index is 1.65. The molecule has 6 nitrogen and oxygen atoms in total. The molecule has 2 aromatic heterocycles. The Hall–Kier alpha value is -3.85. The third-order valence-corrected chi connectivity index (χ3v) is 3.88. The van der Waals surface area contributed by atoms with Crippen molar-refractivity contribution in [1.82, 2.24) is 10.1 Å². The molecule has 0 atom stereocenters. The van der Waals surface area contributed by atoms with E-state index in [2.05, 4.69) is 20.3 Å². The van der Waals surface area contributed by atoms with Gasteiger partial charge >= 0.3 is 0 Å². The van der Waals surface area contributed by atoms with Crippen LogP contribution in [0.4, 0.5) is 17.2 Å². The maximum Gasteiger partial charge on any atom is 0.193 e. The molecule has 0 fully saturated rings. The lowest BCUT2D eigenvalue weighted by Crippen LogP contribution is -1.97. The first-order valence-corrected chi connectivity index (χ1v) is 7.99. The molecule has 4 rings (SSSR count). The van der Waals surface area contributed by atoms with E-state index in [1.807, 2.05) is 48.5 Å². The van der Waals surface area contributed by atoms with Crippen molar-refractivity contribution in [2.24, 2.45) is 0 Å². The van der Waals surface area contributed by atoms with E-state index in [-0.39, 0.29) is 6.61 Å². The molecule has 1 N–H and O–H groups in total. The number of ether oxygens (including phenoxy) is 1. The van der Waals surface area contributed by atoms with Crippen LogP contribution < -0.4 is 10.1 Å². The Bertz CT molecular complexity index is 1080. The number of hydrogen-bond donors (Lipinski definition) is 1. The van der Waals surface area contributed by atoms with Crippen LogP contribution in [0.1, 0.15) is 5.56 Å². The topological polar surface area (TPSA) is 64.5 Å². The number of pyridine rings is 1. The summed E-state index contributed by atoms with van der Waals surface area (Å²) in [4.78, 5) is 7.61. The zero-order valence-corrected chi connectivity index (χ0v) is 13.7. The van der Waals surface area contributed by atoms with Crippen LogP contribution in [0.3, 0.4) is 0 Å². The number of nitrogens with one attached hydrogen (secondary N) is 1. The van der Waals surface area contributed by atoms with Gasteiger partial charge in [-0.15, -0.1) is 0 Å². The summed E-state index contributed by atoms with van der Waals surface area (Å²) in [7, 11) is 0. The first-order valence-electron chi connectivity index (χ1n) is 7.99. The second kappa shape index (κ2) is 6.95. The molecule has 2 aromatic carbocycles. The summed E-state index contributed by atoms with van der Waals surface area (Å²) in [6.07, 6.45) is 3.41. The molecule has 0 unspecified atom stereocenters. The molecule has 0 spiro atoms. The molecule has 26 heavy (non-hydrogen) atoms. The van der Waals surface area contributed by atoms with Crippen molar-refractivity contribution in [2.45, 2.75) is 6.61 Å². The molecular weight excluding hydrogens is 328 g/mol. The molecule has 0 aliphatic rings. The number of nitrogens with zero attached hydrogens (tertiary/aromatic N) is 3. The molecule has 6 heteroatoms. The van der Waals surface area contributed by atoms with E-state index in [0.717, 1.165) is 16.6 Å². The molecule has 0 bridgehead atoms. The van der Waals surface area contributed by atoms with Crippen LogP contribution in [0.15, 0.2) is 71.5 Å². The van der Waals surface area contributed by atoms with E-state index in [4.69, 9.17) is 15.8 Å². The number of hydrogen-bond acceptors (Lipinski definition) is 5. The van der Waals surface area contributed by atoms with Crippen LogP contribution in [0.5, 0.6) is 5.75 Å². The molecule has 4 aromatic rings. The van der Waals surface area contributed by atoms with Crippen LogP contribution in [0, 0.1) is 6.57 Å². The Morgan fingerprint density at radius 2 is 2.00 bits per heavy atom. The summed E-state index contributed by atoms with van der Waals surface area (Å²) < 4.78 is 11.4. The molecule has 2 heterocycles. The van der Waals surface area contributed by atoms with Gasteiger partial charge in [-0.25, -0.2) is 4.85 Å². The highest BCUT2D eigenvalue weighted by atomic mass is 16.5. The summed E-state index contributed by atoms with van der Waals surface area (Å²) in [6, 6.07) is 16.7. The average molecular weight is 342 g/mol.